The van der Waals surface area contributed by atoms with Gasteiger partial charge in [0.15, 0.2) is 17.5 Å². The number of ether oxygens (including phenoxy) is 3. The van der Waals surface area contributed by atoms with Crippen LogP contribution in [0.2, 0.25) is 0 Å². The summed E-state index contributed by atoms with van der Waals surface area (Å²) in [5.41, 5.74) is 0. The van der Waals surface area contributed by atoms with Crippen LogP contribution in [0.4, 0.5) is 4.39 Å². The van der Waals surface area contributed by atoms with Crippen LogP contribution >= 0.6 is 24.0 Å². The second-order valence-electron chi connectivity index (χ2n) is 6.21. The van der Waals surface area contributed by atoms with Crippen LogP contribution in [0.5, 0.6) is 5.75 Å². The van der Waals surface area contributed by atoms with Crippen LogP contribution < -0.4 is 10.1 Å². The highest BCUT2D eigenvalue weighted by molar-refractivity contribution is 14.0. The van der Waals surface area contributed by atoms with Crippen molar-refractivity contribution in [3.63, 3.8) is 0 Å². The molecule has 0 amide bonds. The zero-order valence-electron chi connectivity index (χ0n) is 16.2. The molecule has 1 saturated heterocycles. The van der Waals surface area contributed by atoms with Crippen molar-refractivity contribution >= 4 is 29.9 Å². The van der Waals surface area contributed by atoms with Crippen LogP contribution in [0.3, 0.4) is 0 Å². The van der Waals surface area contributed by atoms with Crippen LogP contribution in [-0.4, -0.2) is 70.6 Å². The van der Waals surface area contributed by atoms with Gasteiger partial charge in [0.25, 0.3) is 0 Å². The summed E-state index contributed by atoms with van der Waals surface area (Å²) in [6.07, 6.45) is 3.22. The van der Waals surface area contributed by atoms with Gasteiger partial charge in [-0.2, -0.15) is 0 Å². The van der Waals surface area contributed by atoms with E-state index < -0.39 is 0 Å². The SMILES string of the molecule is CN=C(NCCCOC1CCOCC1)N(C)CCOc1ccccc1F.I. The molecule has 6 nitrogen and oxygen atoms in total. The van der Waals surface area contributed by atoms with E-state index in [1.165, 1.54) is 6.07 Å². The Morgan fingerprint density at radius 3 is 2.74 bits per heavy atom. The predicted octanol–water partition coefficient (Wildman–Crippen LogP) is 2.92. The first kappa shape index (κ1) is 23.9. The van der Waals surface area contributed by atoms with Crippen molar-refractivity contribution in [2.24, 2.45) is 4.99 Å². The highest BCUT2D eigenvalue weighted by atomic mass is 127. The van der Waals surface area contributed by atoms with E-state index in [1.807, 2.05) is 11.9 Å². The Bertz CT molecular complexity index is 557. The molecular formula is C19H31FIN3O3. The van der Waals surface area contributed by atoms with Crippen LogP contribution in [0.25, 0.3) is 0 Å². The molecule has 0 atom stereocenters. The summed E-state index contributed by atoms with van der Waals surface area (Å²) in [6.45, 7) is 4.10. The Kier molecular flexibility index (Phi) is 12.4. The molecule has 2 rings (SSSR count). The fourth-order valence-corrected chi connectivity index (χ4v) is 2.71. The van der Waals surface area contributed by atoms with Crippen molar-refractivity contribution in [2.75, 3.05) is 53.6 Å². The van der Waals surface area contributed by atoms with Crippen molar-refractivity contribution in [1.29, 1.82) is 0 Å². The number of nitrogens with one attached hydrogen (secondary N) is 1. The van der Waals surface area contributed by atoms with E-state index in [-0.39, 0.29) is 35.5 Å². The number of hydrogen-bond acceptors (Lipinski definition) is 4. The van der Waals surface area contributed by atoms with E-state index in [2.05, 4.69) is 10.3 Å². The number of rotatable bonds is 9. The number of guanidine groups is 1. The summed E-state index contributed by atoms with van der Waals surface area (Å²) in [5, 5.41) is 3.31. The van der Waals surface area contributed by atoms with Crippen molar-refractivity contribution in [1.82, 2.24) is 10.2 Å². The van der Waals surface area contributed by atoms with Crippen molar-refractivity contribution in [3.05, 3.63) is 30.1 Å². The van der Waals surface area contributed by atoms with Crippen LogP contribution in [-0.2, 0) is 9.47 Å². The average molecular weight is 495 g/mol. The van der Waals surface area contributed by atoms with Crippen molar-refractivity contribution < 1.29 is 18.6 Å². The maximum Gasteiger partial charge on any atom is 0.193 e. The molecule has 0 aromatic heterocycles. The summed E-state index contributed by atoms with van der Waals surface area (Å²) in [6, 6.07) is 6.42. The molecule has 1 fully saturated rings. The third-order valence-corrected chi connectivity index (χ3v) is 4.22. The third kappa shape index (κ3) is 9.07. The van der Waals surface area contributed by atoms with Crippen LogP contribution in [0.1, 0.15) is 19.3 Å². The van der Waals surface area contributed by atoms with Gasteiger partial charge in [0, 0.05) is 40.5 Å². The molecule has 0 spiro atoms. The molecule has 1 aliphatic heterocycles. The molecule has 154 valence electrons. The lowest BCUT2D eigenvalue weighted by molar-refractivity contribution is -0.0320. The van der Waals surface area contributed by atoms with E-state index in [0.717, 1.165) is 51.6 Å². The monoisotopic (exact) mass is 495 g/mol. The lowest BCUT2D eigenvalue weighted by Crippen LogP contribution is -2.41. The molecule has 1 aromatic rings. The van der Waals surface area contributed by atoms with Gasteiger partial charge in [-0.3, -0.25) is 4.99 Å². The smallest absolute Gasteiger partial charge is 0.193 e. The highest BCUT2D eigenvalue weighted by Crippen LogP contribution is 2.15. The molecule has 0 saturated carbocycles. The zero-order valence-corrected chi connectivity index (χ0v) is 18.5. The number of likely N-dealkylation sites (N-methyl/N-ethyl adjacent to an activating group) is 1. The van der Waals surface area contributed by atoms with Gasteiger partial charge >= 0.3 is 0 Å². The standard InChI is InChI=1S/C19H30FN3O3.HI/c1-21-19(22-10-5-12-25-16-8-13-24-14-9-16)23(2)11-15-26-18-7-4-3-6-17(18)20;/h3-4,6-7,16H,5,8-15H2,1-2H3,(H,21,22);1H. The molecule has 27 heavy (non-hydrogen) atoms. The Morgan fingerprint density at radius 2 is 2.04 bits per heavy atom. The first-order chi connectivity index (χ1) is 12.7. The summed E-state index contributed by atoms with van der Waals surface area (Å²) >= 11 is 0. The second kappa shape index (κ2) is 14.0. The number of benzene rings is 1. The van der Waals surface area contributed by atoms with Gasteiger partial charge in [-0.15, -0.1) is 24.0 Å². The Balaban J connectivity index is 0.00000364. The minimum atomic E-state index is -0.345. The molecule has 8 heteroatoms. The molecule has 0 aliphatic carbocycles. The fourth-order valence-electron chi connectivity index (χ4n) is 2.71. The summed E-state index contributed by atoms with van der Waals surface area (Å²) < 4.78 is 30.2. The molecule has 1 aromatic carbocycles. The minimum Gasteiger partial charge on any atom is -0.489 e. The fraction of sp³-hybridized carbons (Fsp3) is 0.632. The number of hydrogen-bond donors (Lipinski definition) is 1. The number of nitrogens with zero attached hydrogens (tertiary/aromatic N) is 2. The maximum atomic E-state index is 13.5. The summed E-state index contributed by atoms with van der Waals surface area (Å²) in [5.74, 6) is 0.712. The van der Waals surface area contributed by atoms with Gasteiger partial charge in [0.1, 0.15) is 6.61 Å². The van der Waals surface area contributed by atoms with E-state index in [0.29, 0.717) is 19.3 Å². The van der Waals surface area contributed by atoms with Gasteiger partial charge in [0.2, 0.25) is 0 Å². The Hall–Kier alpha value is -1.13. The second-order valence-corrected chi connectivity index (χ2v) is 6.21. The molecule has 0 radical (unpaired) electrons. The van der Waals surface area contributed by atoms with Crippen molar-refractivity contribution in [2.45, 2.75) is 25.4 Å². The summed E-state index contributed by atoms with van der Waals surface area (Å²) in [4.78, 5) is 6.22. The average Bonchev–Trinajstić information content (AvgIpc) is 2.67. The van der Waals surface area contributed by atoms with E-state index in [9.17, 15) is 4.39 Å². The zero-order chi connectivity index (χ0) is 18.6. The highest BCUT2D eigenvalue weighted by Gasteiger charge is 2.13. The molecular weight excluding hydrogens is 464 g/mol. The van der Waals surface area contributed by atoms with Gasteiger partial charge in [0.05, 0.1) is 12.6 Å². The maximum absolute atomic E-state index is 13.5. The van der Waals surface area contributed by atoms with Gasteiger partial charge in [-0.25, -0.2) is 4.39 Å². The lowest BCUT2D eigenvalue weighted by atomic mass is 10.1. The quantitative estimate of drug-likeness (QED) is 0.247. The largest absolute Gasteiger partial charge is 0.489 e. The number of halogens is 2. The molecule has 0 unspecified atom stereocenters. The molecule has 1 heterocycles. The van der Waals surface area contributed by atoms with E-state index in [4.69, 9.17) is 14.2 Å². The topological polar surface area (TPSA) is 55.3 Å². The Morgan fingerprint density at radius 1 is 1.30 bits per heavy atom. The number of para-hydroxylation sites is 1. The van der Waals surface area contributed by atoms with Crippen LogP contribution in [0.15, 0.2) is 29.3 Å². The van der Waals surface area contributed by atoms with E-state index in [1.54, 1.807) is 25.2 Å². The van der Waals surface area contributed by atoms with Gasteiger partial charge < -0.3 is 24.4 Å². The molecule has 1 aliphatic rings. The predicted molar refractivity (Wildman–Crippen MR) is 116 cm³/mol. The summed E-state index contributed by atoms with van der Waals surface area (Å²) in [7, 11) is 3.67. The molecule has 0 bridgehead atoms. The Labute approximate surface area is 178 Å². The number of aliphatic imine (C=N–C) groups is 1. The minimum absolute atomic E-state index is 0. The van der Waals surface area contributed by atoms with Crippen LogP contribution in [0, 0.1) is 5.82 Å². The lowest BCUT2D eigenvalue weighted by Gasteiger charge is -2.23. The van der Waals surface area contributed by atoms with Gasteiger partial charge in [-0.05, 0) is 31.4 Å². The third-order valence-electron chi connectivity index (χ3n) is 4.22. The normalized spacial score (nSPS) is 15.1. The molecule has 1 N–H and O–H groups in total. The van der Waals surface area contributed by atoms with Gasteiger partial charge in [-0.1, -0.05) is 12.1 Å². The first-order valence-corrected chi connectivity index (χ1v) is 9.19. The van der Waals surface area contributed by atoms with E-state index >= 15 is 0 Å². The van der Waals surface area contributed by atoms with Crippen molar-refractivity contribution in [3.8, 4) is 5.75 Å². The first-order valence-electron chi connectivity index (χ1n) is 9.19.